The highest BCUT2D eigenvalue weighted by atomic mass is 16.6. The second-order valence-electron chi connectivity index (χ2n) is 8.38. The molecule has 1 unspecified atom stereocenters. The molecule has 162 valence electrons. The van der Waals surface area contributed by atoms with Gasteiger partial charge < -0.3 is 19.9 Å². The lowest BCUT2D eigenvalue weighted by atomic mass is 10.0. The highest BCUT2D eigenvalue weighted by molar-refractivity contribution is 5.80. The minimum atomic E-state index is -1.20. The molecule has 2 aromatic carbocycles. The van der Waals surface area contributed by atoms with Gasteiger partial charge in [0.15, 0.2) is 6.04 Å². The summed E-state index contributed by atoms with van der Waals surface area (Å²) in [7, 11) is 0. The molecule has 2 aromatic rings. The van der Waals surface area contributed by atoms with Crippen molar-refractivity contribution in [3.63, 3.8) is 0 Å². The van der Waals surface area contributed by atoms with Gasteiger partial charge >= 0.3 is 12.1 Å². The van der Waals surface area contributed by atoms with Crippen LogP contribution in [0.15, 0.2) is 54.6 Å². The van der Waals surface area contributed by atoms with E-state index in [1.807, 2.05) is 75.4 Å². The monoisotopic (exact) mass is 413 g/mol. The summed E-state index contributed by atoms with van der Waals surface area (Å²) in [6.07, 6.45) is -1.38. The molecule has 0 heterocycles. The van der Waals surface area contributed by atoms with Crippen molar-refractivity contribution in [1.82, 2.24) is 5.32 Å². The zero-order valence-electron chi connectivity index (χ0n) is 18.2. The Labute approximate surface area is 178 Å². The van der Waals surface area contributed by atoms with Crippen molar-refractivity contribution in [1.29, 1.82) is 0 Å². The number of nitrogens with one attached hydrogen (secondary N) is 1. The maximum atomic E-state index is 12.2. The number of carboxylic acid groups (broad SMARTS) is 1. The summed E-state index contributed by atoms with van der Waals surface area (Å²) in [4.78, 5) is 23.8. The molecule has 0 bridgehead atoms. The molecule has 0 aliphatic rings. The van der Waals surface area contributed by atoms with Crippen molar-refractivity contribution < 1.29 is 24.2 Å². The van der Waals surface area contributed by atoms with Gasteiger partial charge in [0.25, 0.3) is 0 Å². The van der Waals surface area contributed by atoms with Crippen LogP contribution in [0.2, 0.25) is 0 Å². The van der Waals surface area contributed by atoms with Crippen molar-refractivity contribution >= 4 is 12.1 Å². The number of hydrogen-bond donors (Lipinski definition) is 2. The van der Waals surface area contributed by atoms with Gasteiger partial charge in [-0.15, -0.1) is 0 Å². The van der Waals surface area contributed by atoms with E-state index < -0.39 is 35.9 Å². The number of carboxylic acids is 1. The molecular formula is C24H31NO5. The molecule has 0 aliphatic heterocycles. The molecule has 0 fully saturated rings. The third-order valence-corrected chi connectivity index (χ3v) is 4.44. The third kappa shape index (κ3) is 7.52. The summed E-state index contributed by atoms with van der Waals surface area (Å²) in [5.41, 5.74) is 2.74. The average Bonchev–Trinajstić information content (AvgIpc) is 2.65. The van der Waals surface area contributed by atoms with Gasteiger partial charge in [-0.25, -0.2) is 9.59 Å². The largest absolute Gasteiger partial charge is 0.480 e. The molecule has 6 nitrogen and oxygen atoms in total. The highest BCUT2D eigenvalue weighted by Gasteiger charge is 2.31. The van der Waals surface area contributed by atoms with Crippen LogP contribution in [-0.4, -0.2) is 41.0 Å². The van der Waals surface area contributed by atoms with Gasteiger partial charge in [0.05, 0.1) is 11.7 Å². The molecule has 0 saturated carbocycles. The number of benzene rings is 2. The maximum absolute atomic E-state index is 12.2. The normalized spacial score (nSPS) is 14.4. The first-order valence-electron chi connectivity index (χ1n) is 10.1. The van der Waals surface area contributed by atoms with Gasteiger partial charge in [-0.1, -0.05) is 54.6 Å². The Bertz CT molecular complexity index is 827. The van der Waals surface area contributed by atoms with Crippen molar-refractivity contribution in [2.75, 3.05) is 0 Å². The molecule has 0 radical (unpaired) electrons. The van der Waals surface area contributed by atoms with Crippen molar-refractivity contribution in [2.24, 2.45) is 0 Å². The maximum Gasteiger partial charge on any atom is 0.408 e. The zero-order chi connectivity index (χ0) is 22.3. The van der Waals surface area contributed by atoms with Gasteiger partial charge in [-0.3, -0.25) is 0 Å². The fraction of sp³-hybridized carbons (Fsp3) is 0.417. The Morgan fingerprint density at radius 1 is 0.967 bits per heavy atom. The van der Waals surface area contributed by atoms with Gasteiger partial charge in [-0.05, 0) is 51.3 Å². The van der Waals surface area contributed by atoms with Crippen LogP contribution in [0.4, 0.5) is 4.79 Å². The Morgan fingerprint density at radius 3 is 2.07 bits per heavy atom. The molecule has 0 spiro atoms. The molecule has 0 saturated heterocycles. The van der Waals surface area contributed by atoms with Crippen molar-refractivity contribution in [2.45, 2.75) is 64.9 Å². The first kappa shape index (κ1) is 23.4. The molecule has 0 aromatic heterocycles. The van der Waals surface area contributed by atoms with E-state index in [1.54, 1.807) is 13.8 Å². The van der Waals surface area contributed by atoms with Gasteiger partial charge in [0.1, 0.15) is 6.10 Å². The summed E-state index contributed by atoms with van der Waals surface area (Å²) in [6, 6.07) is 16.9. The Morgan fingerprint density at radius 2 is 1.53 bits per heavy atom. The average molecular weight is 414 g/mol. The lowest BCUT2D eigenvalue weighted by molar-refractivity contribution is -0.147. The van der Waals surface area contributed by atoms with E-state index in [2.05, 4.69) is 5.32 Å². The minimum Gasteiger partial charge on any atom is -0.480 e. The molecule has 6 heteroatoms. The quantitative estimate of drug-likeness (QED) is 0.657. The van der Waals surface area contributed by atoms with Crippen LogP contribution < -0.4 is 5.32 Å². The Balaban J connectivity index is 1.91. The van der Waals surface area contributed by atoms with Crippen LogP contribution in [-0.2, 0) is 20.7 Å². The number of ether oxygens (including phenoxy) is 2. The first-order chi connectivity index (χ1) is 14.0. The third-order valence-electron chi connectivity index (χ3n) is 4.44. The molecular weight excluding hydrogens is 382 g/mol. The topological polar surface area (TPSA) is 84.9 Å². The van der Waals surface area contributed by atoms with Crippen LogP contribution >= 0.6 is 0 Å². The van der Waals surface area contributed by atoms with Crippen LogP contribution in [0.25, 0.3) is 11.1 Å². The predicted octanol–water partition coefficient (Wildman–Crippen LogP) is 4.67. The summed E-state index contributed by atoms with van der Waals surface area (Å²) in [5, 5.41) is 11.8. The Hall–Kier alpha value is -2.86. The van der Waals surface area contributed by atoms with E-state index in [-0.39, 0.29) is 0 Å². The number of hydrogen-bond acceptors (Lipinski definition) is 4. The molecule has 3 atom stereocenters. The highest BCUT2D eigenvalue weighted by Crippen LogP contribution is 2.20. The van der Waals surface area contributed by atoms with Crippen LogP contribution in [0.3, 0.4) is 0 Å². The fourth-order valence-electron chi connectivity index (χ4n) is 3.19. The molecule has 1 amide bonds. The van der Waals surface area contributed by atoms with E-state index in [4.69, 9.17) is 9.47 Å². The number of rotatable bonds is 8. The smallest absolute Gasteiger partial charge is 0.408 e. The second kappa shape index (κ2) is 10.3. The van der Waals surface area contributed by atoms with Gasteiger partial charge in [0.2, 0.25) is 0 Å². The first-order valence-corrected chi connectivity index (χ1v) is 10.1. The predicted molar refractivity (Wildman–Crippen MR) is 116 cm³/mol. The van der Waals surface area contributed by atoms with E-state index in [0.717, 1.165) is 16.7 Å². The SMILES string of the molecule is CC(Cc1ccc(-c2ccccc2)cc1)OC(=O)N[C@H](C(=O)O)[C@@H](C)OC(C)(C)C. The number of alkyl carbamates (subject to hydrolysis) is 1. The standard InChI is InChI=1S/C24H31NO5/c1-16(15-18-11-13-20(14-12-18)19-9-7-6-8-10-19)29-23(28)25-21(22(26)27)17(2)30-24(3,4)5/h6-14,16-17,21H,15H2,1-5H3,(H,25,28)(H,26,27)/t16?,17-,21+/m1/s1. The summed E-state index contributed by atoms with van der Waals surface area (Å²) < 4.78 is 11.0. The molecule has 30 heavy (non-hydrogen) atoms. The molecule has 2 N–H and O–H groups in total. The van der Waals surface area contributed by atoms with Crippen molar-refractivity contribution in [3.8, 4) is 11.1 Å². The fourth-order valence-corrected chi connectivity index (χ4v) is 3.19. The Kier molecular flexibility index (Phi) is 8.00. The number of carbonyl (C=O) groups is 2. The van der Waals surface area contributed by atoms with Gasteiger partial charge in [-0.2, -0.15) is 0 Å². The summed E-state index contributed by atoms with van der Waals surface area (Å²) in [6.45, 7) is 8.86. The van der Waals surface area contributed by atoms with Crippen LogP contribution in [0.5, 0.6) is 0 Å². The second-order valence-corrected chi connectivity index (χ2v) is 8.38. The summed E-state index contributed by atoms with van der Waals surface area (Å²) in [5.74, 6) is -1.17. The van der Waals surface area contributed by atoms with E-state index in [9.17, 15) is 14.7 Å². The zero-order valence-corrected chi connectivity index (χ0v) is 18.2. The minimum absolute atomic E-state index is 0.416. The molecule has 0 aliphatic carbocycles. The van der Waals surface area contributed by atoms with Gasteiger partial charge in [0, 0.05) is 6.42 Å². The lowest BCUT2D eigenvalue weighted by Gasteiger charge is -2.29. The molecule has 2 rings (SSSR count). The van der Waals surface area contributed by atoms with E-state index in [0.29, 0.717) is 6.42 Å². The number of aliphatic carboxylic acids is 1. The van der Waals surface area contributed by atoms with E-state index in [1.165, 1.54) is 0 Å². The number of amides is 1. The van der Waals surface area contributed by atoms with Crippen LogP contribution in [0, 0.1) is 0 Å². The van der Waals surface area contributed by atoms with Crippen molar-refractivity contribution in [3.05, 3.63) is 60.2 Å². The lowest BCUT2D eigenvalue weighted by Crippen LogP contribution is -2.51. The summed E-state index contributed by atoms with van der Waals surface area (Å²) >= 11 is 0. The number of carbonyl (C=O) groups excluding carboxylic acids is 1. The van der Waals surface area contributed by atoms with Crippen LogP contribution in [0.1, 0.15) is 40.2 Å². The van der Waals surface area contributed by atoms with E-state index >= 15 is 0 Å².